The van der Waals surface area contributed by atoms with Crippen LogP contribution in [0.1, 0.15) is 24.8 Å². The van der Waals surface area contributed by atoms with Crippen molar-refractivity contribution >= 4 is 6.08 Å². The Hall–Kier alpha value is -1.70. The molecule has 1 atom stereocenters. The maximum atomic E-state index is 5.93. The molecular formula is C15H18O2. The molecule has 0 aliphatic heterocycles. The van der Waals surface area contributed by atoms with Crippen LogP contribution in [-0.2, 0) is 0 Å². The van der Waals surface area contributed by atoms with E-state index in [4.69, 9.17) is 9.47 Å². The topological polar surface area (TPSA) is 18.5 Å². The summed E-state index contributed by atoms with van der Waals surface area (Å²) in [6, 6.07) is 5.87. The maximum absolute atomic E-state index is 5.93. The Morgan fingerprint density at radius 2 is 2.24 bits per heavy atom. The van der Waals surface area contributed by atoms with E-state index in [1.807, 2.05) is 18.2 Å². The summed E-state index contributed by atoms with van der Waals surface area (Å²) in [5.41, 5.74) is 1.04. The molecule has 0 spiro atoms. The molecule has 0 amide bonds. The third-order valence-corrected chi connectivity index (χ3v) is 2.91. The van der Waals surface area contributed by atoms with Gasteiger partial charge < -0.3 is 9.47 Å². The zero-order chi connectivity index (χ0) is 12.1. The molecule has 2 heteroatoms. The molecule has 0 N–H and O–H groups in total. The van der Waals surface area contributed by atoms with Crippen LogP contribution in [0.3, 0.4) is 0 Å². The number of hydrogen-bond donors (Lipinski definition) is 0. The molecule has 1 aliphatic rings. The van der Waals surface area contributed by atoms with Gasteiger partial charge in [0.2, 0.25) is 0 Å². The van der Waals surface area contributed by atoms with E-state index in [1.165, 1.54) is 6.42 Å². The quantitative estimate of drug-likeness (QED) is 0.732. The Labute approximate surface area is 103 Å². The van der Waals surface area contributed by atoms with Crippen LogP contribution < -0.4 is 9.47 Å². The molecule has 0 bridgehead atoms. The Bertz CT molecular complexity index is 421. The molecule has 1 aromatic carbocycles. The first-order chi connectivity index (χ1) is 8.33. The second-order valence-corrected chi connectivity index (χ2v) is 4.13. The van der Waals surface area contributed by atoms with Crippen molar-refractivity contribution < 1.29 is 9.47 Å². The van der Waals surface area contributed by atoms with Crippen LogP contribution in [0.25, 0.3) is 6.08 Å². The lowest BCUT2D eigenvalue weighted by Crippen LogP contribution is -2.16. The molecule has 0 aromatic heterocycles. The van der Waals surface area contributed by atoms with Crippen LogP contribution >= 0.6 is 0 Å². The summed E-state index contributed by atoms with van der Waals surface area (Å²) < 4.78 is 11.3. The largest absolute Gasteiger partial charge is 0.493 e. The minimum absolute atomic E-state index is 0.173. The first kappa shape index (κ1) is 11.8. The lowest BCUT2D eigenvalue weighted by Gasteiger charge is -2.20. The predicted octanol–water partition coefficient (Wildman–Crippen LogP) is 3.83. The van der Waals surface area contributed by atoms with Gasteiger partial charge >= 0.3 is 0 Å². The molecule has 2 nitrogen and oxygen atoms in total. The van der Waals surface area contributed by atoms with Crippen molar-refractivity contribution in [2.45, 2.75) is 25.4 Å². The van der Waals surface area contributed by atoms with Gasteiger partial charge in [0, 0.05) is 0 Å². The third-order valence-electron chi connectivity index (χ3n) is 2.91. The van der Waals surface area contributed by atoms with Crippen molar-refractivity contribution in [3.8, 4) is 11.5 Å². The minimum Gasteiger partial charge on any atom is -0.493 e. The van der Waals surface area contributed by atoms with Crippen molar-refractivity contribution in [2.75, 3.05) is 7.11 Å². The lowest BCUT2D eigenvalue weighted by atomic mass is 10.1. The molecule has 1 aromatic rings. The van der Waals surface area contributed by atoms with Gasteiger partial charge in [-0.1, -0.05) is 24.8 Å². The van der Waals surface area contributed by atoms with Crippen molar-refractivity contribution in [3.05, 3.63) is 42.5 Å². The zero-order valence-electron chi connectivity index (χ0n) is 10.2. The second-order valence-electron chi connectivity index (χ2n) is 4.13. The SMILES string of the molecule is C=Cc1ccc(OC2C=CCCC2)c(OC)c1. The van der Waals surface area contributed by atoms with E-state index in [2.05, 4.69) is 18.7 Å². The monoisotopic (exact) mass is 230 g/mol. The van der Waals surface area contributed by atoms with Crippen LogP contribution in [0.2, 0.25) is 0 Å². The van der Waals surface area contributed by atoms with Crippen molar-refractivity contribution in [2.24, 2.45) is 0 Å². The molecule has 0 saturated carbocycles. The van der Waals surface area contributed by atoms with E-state index in [0.717, 1.165) is 29.9 Å². The fourth-order valence-electron chi connectivity index (χ4n) is 1.95. The number of allylic oxidation sites excluding steroid dienone is 1. The van der Waals surface area contributed by atoms with E-state index in [9.17, 15) is 0 Å². The number of benzene rings is 1. The molecule has 90 valence electrons. The molecule has 0 saturated heterocycles. The van der Waals surface area contributed by atoms with Crippen molar-refractivity contribution in [3.63, 3.8) is 0 Å². The zero-order valence-corrected chi connectivity index (χ0v) is 10.2. The first-order valence-electron chi connectivity index (χ1n) is 5.97. The van der Waals surface area contributed by atoms with E-state index in [1.54, 1.807) is 13.2 Å². The highest BCUT2D eigenvalue weighted by atomic mass is 16.5. The number of rotatable bonds is 4. The van der Waals surface area contributed by atoms with Crippen LogP contribution in [0.4, 0.5) is 0 Å². The average molecular weight is 230 g/mol. The Morgan fingerprint density at radius 3 is 2.88 bits per heavy atom. The van der Waals surface area contributed by atoms with Gasteiger partial charge in [0.25, 0.3) is 0 Å². The van der Waals surface area contributed by atoms with Crippen LogP contribution in [0.5, 0.6) is 11.5 Å². The van der Waals surface area contributed by atoms with Gasteiger partial charge in [0.1, 0.15) is 6.10 Å². The fraction of sp³-hybridized carbons (Fsp3) is 0.333. The summed E-state index contributed by atoms with van der Waals surface area (Å²) in [5.74, 6) is 1.57. The van der Waals surface area contributed by atoms with Crippen LogP contribution in [0, 0.1) is 0 Å². The highest BCUT2D eigenvalue weighted by molar-refractivity contribution is 5.54. The molecule has 0 radical (unpaired) electrons. The second kappa shape index (κ2) is 5.58. The summed E-state index contributed by atoms with van der Waals surface area (Å²) in [7, 11) is 1.66. The number of ether oxygens (including phenoxy) is 2. The highest BCUT2D eigenvalue weighted by Gasteiger charge is 2.12. The summed E-state index contributed by atoms with van der Waals surface area (Å²) >= 11 is 0. The van der Waals surface area contributed by atoms with Gasteiger partial charge in [-0.15, -0.1) is 0 Å². The van der Waals surface area contributed by atoms with Crippen LogP contribution in [-0.4, -0.2) is 13.2 Å². The van der Waals surface area contributed by atoms with Gasteiger partial charge in [-0.3, -0.25) is 0 Å². The van der Waals surface area contributed by atoms with Gasteiger partial charge in [0.15, 0.2) is 11.5 Å². The smallest absolute Gasteiger partial charge is 0.162 e. The normalized spacial score (nSPS) is 18.8. The summed E-state index contributed by atoms with van der Waals surface area (Å²) in [6.45, 7) is 3.74. The molecule has 0 heterocycles. The molecule has 17 heavy (non-hydrogen) atoms. The number of methoxy groups -OCH3 is 1. The Morgan fingerprint density at radius 1 is 1.35 bits per heavy atom. The van der Waals surface area contributed by atoms with Gasteiger partial charge in [-0.2, -0.15) is 0 Å². The number of hydrogen-bond acceptors (Lipinski definition) is 2. The Balaban J connectivity index is 2.16. The first-order valence-corrected chi connectivity index (χ1v) is 5.97. The van der Waals surface area contributed by atoms with E-state index in [0.29, 0.717) is 0 Å². The molecule has 2 rings (SSSR count). The highest BCUT2D eigenvalue weighted by Crippen LogP contribution is 2.30. The van der Waals surface area contributed by atoms with Crippen LogP contribution in [0.15, 0.2) is 36.9 Å². The Kier molecular flexibility index (Phi) is 3.86. The van der Waals surface area contributed by atoms with E-state index in [-0.39, 0.29) is 6.10 Å². The van der Waals surface area contributed by atoms with Gasteiger partial charge in [-0.25, -0.2) is 0 Å². The van der Waals surface area contributed by atoms with E-state index >= 15 is 0 Å². The summed E-state index contributed by atoms with van der Waals surface area (Å²) in [5, 5.41) is 0. The van der Waals surface area contributed by atoms with Gasteiger partial charge in [-0.05, 0) is 43.0 Å². The molecular weight excluding hydrogens is 212 g/mol. The maximum Gasteiger partial charge on any atom is 0.162 e. The summed E-state index contributed by atoms with van der Waals surface area (Å²) in [4.78, 5) is 0. The molecule has 1 unspecified atom stereocenters. The lowest BCUT2D eigenvalue weighted by molar-refractivity contribution is 0.219. The molecule has 0 fully saturated rings. The third kappa shape index (κ3) is 2.90. The summed E-state index contributed by atoms with van der Waals surface area (Å²) in [6.07, 6.45) is 9.70. The van der Waals surface area contributed by atoms with Crippen molar-refractivity contribution in [1.82, 2.24) is 0 Å². The van der Waals surface area contributed by atoms with E-state index < -0.39 is 0 Å². The van der Waals surface area contributed by atoms with Crippen molar-refractivity contribution in [1.29, 1.82) is 0 Å². The average Bonchev–Trinajstić information content (AvgIpc) is 2.40. The molecule has 1 aliphatic carbocycles. The minimum atomic E-state index is 0.173. The van der Waals surface area contributed by atoms with Gasteiger partial charge in [0.05, 0.1) is 7.11 Å². The predicted molar refractivity (Wildman–Crippen MR) is 70.5 cm³/mol. The fourth-order valence-corrected chi connectivity index (χ4v) is 1.95. The standard InChI is InChI=1S/C15H18O2/c1-3-12-9-10-14(15(11-12)16-2)17-13-7-5-4-6-8-13/h3,5,7,9-11,13H,1,4,6,8H2,2H3.